The van der Waals surface area contributed by atoms with Crippen molar-refractivity contribution < 1.29 is 0 Å². The minimum Gasteiger partial charge on any atom is -0.310 e. The van der Waals surface area contributed by atoms with Crippen molar-refractivity contribution >= 4 is 0 Å². The monoisotopic (exact) mass is 284 g/mol. The van der Waals surface area contributed by atoms with Gasteiger partial charge < -0.3 is 5.32 Å². The summed E-state index contributed by atoms with van der Waals surface area (Å²) in [5.41, 5.74) is 5.21. The standard InChI is InChI=1S/C17H24N4/c1-6-7-18-13(4)16-10-19-17(21-14(16)5)15-8-11(2)20-12(3)9-15/h8-10,13,18H,6-7H2,1-5H3. The third-order valence-corrected chi connectivity index (χ3v) is 3.52. The lowest BCUT2D eigenvalue weighted by molar-refractivity contribution is 0.564. The average molecular weight is 284 g/mol. The number of rotatable bonds is 5. The Bertz CT molecular complexity index is 602. The fourth-order valence-electron chi connectivity index (χ4n) is 2.47. The molecule has 0 aromatic carbocycles. The van der Waals surface area contributed by atoms with Gasteiger partial charge in [0.05, 0.1) is 0 Å². The first-order chi connectivity index (χ1) is 10.0. The van der Waals surface area contributed by atoms with Crippen LogP contribution in [0.15, 0.2) is 18.3 Å². The number of hydrogen-bond acceptors (Lipinski definition) is 4. The maximum Gasteiger partial charge on any atom is 0.159 e. The predicted octanol–water partition coefficient (Wildman–Crippen LogP) is 3.52. The van der Waals surface area contributed by atoms with E-state index in [9.17, 15) is 0 Å². The quantitative estimate of drug-likeness (QED) is 0.912. The fraction of sp³-hybridized carbons (Fsp3) is 0.471. The number of hydrogen-bond donors (Lipinski definition) is 1. The predicted molar refractivity (Wildman–Crippen MR) is 86.2 cm³/mol. The van der Waals surface area contributed by atoms with Gasteiger partial charge in [-0.15, -0.1) is 0 Å². The topological polar surface area (TPSA) is 50.7 Å². The molecule has 0 spiro atoms. The molecule has 2 rings (SSSR count). The Morgan fingerprint density at radius 2 is 1.76 bits per heavy atom. The summed E-state index contributed by atoms with van der Waals surface area (Å²) in [6.45, 7) is 11.4. The minimum absolute atomic E-state index is 0.278. The molecule has 1 N–H and O–H groups in total. The van der Waals surface area contributed by atoms with Gasteiger partial charge in [0, 0.05) is 40.4 Å². The van der Waals surface area contributed by atoms with Crippen LogP contribution in [0.25, 0.3) is 11.4 Å². The zero-order valence-electron chi connectivity index (χ0n) is 13.6. The molecule has 0 fully saturated rings. The molecule has 2 aromatic rings. The van der Waals surface area contributed by atoms with E-state index in [0.717, 1.165) is 47.0 Å². The number of aryl methyl sites for hydroxylation is 3. The van der Waals surface area contributed by atoms with Gasteiger partial charge in [-0.1, -0.05) is 6.92 Å². The zero-order chi connectivity index (χ0) is 15.4. The Kier molecular flexibility index (Phi) is 5.02. The molecule has 21 heavy (non-hydrogen) atoms. The van der Waals surface area contributed by atoms with E-state index in [-0.39, 0.29) is 6.04 Å². The molecule has 0 radical (unpaired) electrons. The molecular formula is C17H24N4. The van der Waals surface area contributed by atoms with Gasteiger partial charge in [0.15, 0.2) is 5.82 Å². The van der Waals surface area contributed by atoms with E-state index in [1.807, 2.05) is 39.1 Å². The summed E-state index contributed by atoms with van der Waals surface area (Å²) >= 11 is 0. The Morgan fingerprint density at radius 1 is 1.10 bits per heavy atom. The normalized spacial score (nSPS) is 12.4. The van der Waals surface area contributed by atoms with Crippen LogP contribution in [0.4, 0.5) is 0 Å². The molecule has 0 amide bonds. The molecular weight excluding hydrogens is 260 g/mol. The Balaban J connectivity index is 2.30. The molecule has 0 saturated heterocycles. The minimum atomic E-state index is 0.278. The summed E-state index contributed by atoms with van der Waals surface area (Å²) in [5.74, 6) is 0.771. The first-order valence-electron chi connectivity index (χ1n) is 7.53. The SMILES string of the molecule is CCCNC(C)c1cnc(-c2cc(C)nc(C)c2)nc1C. The first kappa shape index (κ1) is 15.6. The van der Waals surface area contributed by atoms with Gasteiger partial charge in [-0.25, -0.2) is 9.97 Å². The van der Waals surface area contributed by atoms with Crippen LogP contribution in [0.5, 0.6) is 0 Å². The second kappa shape index (κ2) is 6.76. The van der Waals surface area contributed by atoms with Crippen LogP contribution in [0.1, 0.15) is 49.0 Å². The molecule has 2 heterocycles. The van der Waals surface area contributed by atoms with E-state index in [0.29, 0.717) is 0 Å². The summed E-state index contributed by atoms with van der Waals surface area (Å²) in [5, 5.41) is 3.48. The van der Waals surface area contributed by atoms with E-state index in [1.54, 1.807) is 0 Å². The molecule has 112 valence electrons. The van der Waals surface area contributed by atoms with Crippen molar-refractivity contribution in [1.82, 2.24) is 20.3 Å². The molecule has 1 unspecified atom stereocenters. The van der Waals surface area contributed by atoms with E-state index in [2.05, 4.69) is 34.1 Å². The smallest absolute Gasteiger partial charge is 0.159 e. The van der Waals surface area contributed by atoms with Gasteiger partial charge in [-0.3, -0.25) is 4.98 Å². The van der Waals surface area contributed by atoms with Crippen LogP contribution >= 0.6 is 0 Å². The van der Waals surface area contributed by atoms with E-state index >= 15 is 0 Å². The molecule has 0 aliphatic rings. The van der Waals surface area contributed by atoms with Crippen molar-refractivity contribution in [3.05, 3.63) is 41.0 Å². The van der Waals surface area contributed by atoms with Gasteiger partial charge in [0.1, 0.15) is 0 Å². The third kappa shape index (κ3) is 3.85. The van der Waals surface area contributed by atoms with Crippen LogP contribution in [-0.2, 0) is 0 Å². The number of aromatic nitrogens is 3. The second-order valence-electron chi connectivity index (χ2n) is 5.55. The summed E-state index contributed by atoms with van der Waals surface area (Å²) in [6, 6.07) is 4.33. The fourth-order valence-corrected chi connectivity index (χ4v) is 2.47. The molecule has 4 heteroatoms. The lowest BCUT2D eigenvalue weighted by atomic mass is 10.1. The maximum absolute atomic E-state index is 4.68. The van der Waals surface area contributed by atoms with Crippen molar-refractivity contribution in [2.24, 2.45) is 0 Å². The largest absolute Gasteiger partial charge is 0.310 e. The Hall–Kier alpha value is -1.81. The van der Waals surface area contributed by atoms with Crippen LogP contribution in [-0.4, -0.2) is 21.5 Å². The summed E-state index contributed by atoms with van der Waals surface area (Å²) in [4.78, 5) is 13.6. The molecule has 2 aromatic heterocycles. The molecule has 0 aliphatic carbocycles. The van der Waals surface area contributed by atoms with Gasteiger partial charge in [0.25, 0.3) is 0 Å². The molecule has 0 aliphatic heterocycles. The van der Waals surface area contributed by atoms with Gasteiger partial charge in [-0.2, -0.15) is 0 Å². The van der Waals surface area contributed by atoms with E-state index < -0.39 is 0 Å². The summed E-state index contributed by atoms with van der Waals surface area (Å²) in [6.07, 6.45) is 3.06. The number of nitrogens with zero attached hydrogens (tertiary/aromatic N) is 3. The second-order valence-corrected chi connectivity index (χ2v) is 5.55. The summed E-state index contributed by atoms with van der Waals surface area (Å²) < 4.78 is 0. The molecule has 4 nitrogen and oxygen atoms in total. The van der Waals surface area contributed by atoms with E-state index in [4.69, 9.17) is 0 Å². The van der Waals surface area contributed by atoms with Crippen LogP contribution in [0, 0.1) is 20.8 Å². The third-order valence-electron chi connectivity index (χ3n) is 3.52. The van der Waals surface area contributed by atoms with Crippen molar-refractivity contribution in [2.75, 3.05) is 6.54 Å². The average Bonchev–Trinajstić information content (AvgIpc) is 2.43. The van der Waals surface area contributed by atoms with Gasteiger partial charge >= 0.3 is 0 Å². The van der Waals surface area contributed by atoms with Crippen LogP contribution in [0.3, 0.4) is 0 Å². The van der Waals surface area contributed by atoms with Crippen molar-refractivity contribution in [2.45, 2.75) is 47.1 Å². The highest BCUT2D eigenvalue weighted by molar-refractivity contribution is 5.56. The van der Waals surface area contributed by atoms with Gasteiger partial charge in [0.2, 0.25) is 0 Å². The Morgan fingerprint density at radius 3 is 2.33 bits per heavy atom. The highest BCUT2D eigenvalue weighted by Crippen LogP contribution is 2.21. The van der Waals surface area contributed by atoms with Crippen LogP contribution in [0.2, 0.25) is 0 Å². The maximum atomic E-state index is 4.68. The number of pyridine rings is 1. The first-order valence-corrected chi connectivity index (χ1v) is 7.53. The lowest BCUT2D eigenvalue weighted by Crippen LogP contribution is -2.20. The Labute approximate surface area is 127 Å². The zero-order valence-corrected chi connectivity index (χ0v) is 13.6. The van der Waals surface area contributed by atoms with Crippen molar-refractivity contribution in [3.8, 4) is 11.4 Å². The highest BCUT2D eigenvalue weighted by Gasteiger charge is 2.11. The molecule has 0 bridgehead atoms. The molecule has 0 saturated carbocycles. The molecule has 1 atom stereocenters. The van der Waals surface area contributed by atoms with E-state index in [1.165, 1.54) is 0 Å². The van der Waals surface area contributed by atoms with Gasteiger partial charge in [-0.05, 0) is 52.8 Å². The van der Waals surface area contributed by atoms with Crippen LogP contribution < -0.4 is 5.32 Å². The summed E-state index contributed by atoms with van der Waals surface area (Å²) in [7, 11) is 0. The van der Waals surface area contributed by atoms with Crippen molar-refractivity contribution in [3.63, 3.8) is 0 Å². The highest BCUT2D eigenvalue weighted by atomic mass is 14.9. The lowest BCUT2D eigenvalue weighted by Gasteiger charge is -2.16. The number of nitrogens with one attached hydrogen (secondary N) is 1. The van der Waals surface area contributed by atoms with Crippen molar-refractivity contribution in [1.29, 1.82) is 0 Å².